The molecule has 2 nitrogen and oxygen atoms in total. The fourth-order valence-corrected chi connectivity index (χ4v) is 1.24. The van der Waals surface area contributed by atoms with E-state index in [1.54, 1.807) is 6.20 Å². The molecule has 2 aromatic rings. The number of pyridine rings is 1. The van der Waals surface area contributed by atoms with E-state index in [9.17, 15) is 0 Å². The Balaban J connectivity index is 2.84. The zero-order valence-electron chi connectivity index (χ0n) is 6.91. The number of rotatable bonds is 0. The van der Waals surface area contributed by atoms with Gasteiger partial charge in [0.25, 0.3) is 0 Å². The smallest absolute Gasteiger partial charge is 0.0706 e. The molecule has 2 heteroatoms. The second kappa shape index (κ2) is 2.48. The van der Waals surface area contributed by atoms with Crippen molar-refractivity contribution < 1.29 is 0 Å². The van der Waals surface area contributed by atoms with Crippen LogP contribution in [0, 0.1) is 6.92 Å². The molecule has 0 saturated heterocycles. The predicted molar refractivity (Wildman–Crippen MR) is 50.9 cm³/mol. The lowest BCUT2D eigenvalue weighted by Gasteiger charge is -2.01. The Hall–Kier alpha value is -1.57. The van der Waals surface area contributed by atoms with Crippen molar-refractivity contribution in [1.29, 1.82) is 0 Å². The molecule has 0 unspecified atom stereocenters. The molecule has 2 rings (SSSR count). The summed E-state index contributed by atoms with van der Waals surface area (Å²) in [6, 6.07) is 7.89. The number of nitrogen functional groups attached to an aromatic ring is 1. The Kier molecular flexibility index (Phi) is 1.47. The normalized spacial score (nSPS) is 10.4. The first-order valence-corrected chi connectivity index (χ1v) is 3.88. The molecular formula is C10H10N2. The molecule has 0 fully saturated rings. The van der Waals surface area contributed by atoms with Crippen LogP contribution in [0.3, 0.4) is 0 Å². The molecule has 0 bridgehead atoms. The maximum atomic E-state index is 5.76. The maximum Gasteiger partial charge on any atom is 0.0706 e. The number of nitrogens with zero attached hydrogens (tertiary/aromatic N) is 1. The molecule has 2 N–H and O–H groups in total. The number of hydrogen-bond acceptors (Lipinski definition) is 2. The van der Waals surface area contributed by atoms with Crippen molar-refractivity contribution in [2.45, 2.75) is 6.92 Å². The molecular weight excluding hydrogens is 148 g/mol. The van der Waals surface area contributed by atoms with Crippen LogP contribution in [0.5, 0.6) is 0 Å². The third-order valence-electron chi connectivity index (χ3n) is 1.99. The average Bonchev–Trinajstić information content (AvgIpc) is 2.07. The van der Waals surface area contributed by atoms with E-state index in [1.807, 2.05) is 31.2 Å². The molecule has 0 aliphatic rings. The van der Waals surface area contributed by atoms with Crippen molar-refractivity contribution in [1.82, 2.24) is 4.98 Å². The fourth-order valence-electron chi connectivity index (χ4n) is 1.24. The molecule has 1 aromatic heterocycles. The number of anilines is 1. The second-order valence-electron chi connectivity index (χ2n) is 2.90. The number of fused-ring (bicyclic) bond motifs is 1. The van der Waals surface area contributed by atoms with Crippen LogP contribution in [0.2, 0.25) is 0 Å². The summed E-state index contributed by atoms with van der Waals surface area (Å²) >= 11 is 0. The largest absolute Gasteiger partial charge is 0.398 e. The highest BCUT2D eigenvalue weighted by Gasteiger charge is 1.96. The van der Waals surface area contributed by atoms with Crippen LogP contribution in [0.4, 0.5) is 5.69 Å². The van der Waals surface area contributed by atoms with Gasteiger partial charge >= 0.3 is 0 Å². The van der Waals surface area contributed by atoms with E-state index >= 15 is 0 Å². The zero-order valence-corrected chi connectivity index (χ0v) is 6.91. The number of hydrogen-bond donors (Lipinski definition) is 1. The lowest BCUT2D eigenvalue weighted by Crippen LogP contribution is -1.89. The van der Waals surface area contributed by atoms with E-state index in [-0.39, 0.29) is 0 Å². The lowest BCUT2D eigenvalue weighted by atomic mass is 10.1. The van der Waals surface area contributed by atoms with E-state index in [0.29, 0.717) is 0 Å². The third kappa shape index (κ3) is 1.01. The van der Waals surface area contributed by atoms with E-state index in [4.69, 9.17) is 5.73 Å². The van der Waals surface area contributed by atoms with E-state index in [2.05, 4.69) is 4.98 Å². The molecule has 0 saturated carbocycles. The standard InChI is InChI=1S/C10H10N2/c1-7-5-10-8(6-9(7)11)3-2-4-12-10/h2-6H,11H2,1H3. The molecule has 1 heterocycles. The Labute approximate surface area is 71.0 Å². The van der Waals surface area contributed by atoms with Crippen molar-refractivity contribution in [3.63, 3.8) is 0 Å². The first-order valence-electron chi connectivity index (χ1n) is 3.88. The molecule has 12 heavy (non-hydrogen) atoms. The van der Waals surface area contributed by atoms with Gasteiger partial charge in [0.15, 0.2) is 0 Å². The van der Waals surface area contributed by atoms with Crippen LogP contribution >= 0.6 is 0 Å². The quantitative estimate of drug-likeness (QED) is 0.596. The highest BCUT2D eigenvalue weighted by Crippen LogP contribution is 2.18. The Morgan fingerprint density at radius 3 is 3.00 bits per heavy atom. The summed E-state index contributed by atoms with van der Waals surface area (Å²) < 4.78 is 0. The van der Waals surface area contributed by atoms with Crippen LogP contribution in [-0.4, -0.2) is 4.98 Å². The maximum absolute atomic E-state index is 5.76. The van der Waals surface area contributed by atoms with Gasteiger partial charge in [-0.15, -0.1) is 0 Å². The summed E-state index contributed by atoms with van der Waals surface area (Å²) in [5, 5.41) is 1.10. The second-order valence-corrected chi connectivity index (χ2v) is 2.90. The van der Waals surface area contributed by atoms with Crippen molar-refractivity contribution >= 4 is 16.6 Å². The predicted octanol–water partition coefficient (Wildman–Crippen LogP) is 2.13. The third-order valence-corrected chi connectivity index (χ3v) is 1.99. The molecule has 0 radical (unpaired) electrons. The van der Waals surface area contributed by atoms with Gasteiger partial charge in [-0.2, -0.15) is 0 Å². The first-order chi connectivity index (χ1) is 5.77. The summed E-state index contributed by atoms with van der Waals surface area (Å²) in [6.07, 6.45) is 1.79. The van der Waals surface area contributed by atoms with Gasteiger partial charge in [0.2, 0.25) is 0 Å². The summed E-state index contributed by atoms with van der Waals surface area (Å²) in [5.74, 6) is 0. The minimum absolute atomic E-state index is 0.829. The van der Waals surface area contributed by atoms with E-state index < -0.39 is 0 Å². The van der Waals surface area contributed by atoms with Crippen LogP contribution < -0.4 is 5.73 Å². The summed E-state index contributed by atoms with van der Waals surface area (Å²) in [6.45, 7) is 1.99. The highest BCUT2D eigenvalue weighted by atomic mass is 14.6. The van der Waals surface area contributed by atoms with Crippen LogP contribution in [0.25, 0.3) is 10.9 Å². The number of benzene rings is 1. The van der Waals surface area contributed by atoms with Crippen molar-refractivity contribution in [2.75, 3.05) is 5.73 Å². The summed E-state index contributed by atoms with van der Waals surface area (Å²) in [4.78, 5) is 4.23. The van der Waals surface area contributed by atoms with Crippen molar-refractivity contribution in [2.24, 2.45) is 0 Å². The SMILES string of the molecule is Cc1cc2ncccc2cc1N. The van der Waals surface area contributed by atoms with Gasteiger partial charge in [-0.1, -0.05) is 6.07 Å². The average molecular weight is 158 g/mol. The highest BCUT2D eigenvalue weighted by molar-refractivity contribution is 5.83. The minimum atomic E-state index is 0.829. The lowest BCUT2D eigenvalue weighted by molar-refractivity contribution is 1.39. The molecule has 0 amide bonds. The Bertz CT molecular complexity index is 381. The van der Waals surface area contributed by atoms with Gasteiger partial charge in [-0.3, -0.25) is 4.98 Å². The molecule has 0 spiro atoms. The van der Waals surface area contributed by atoms with Gasteiger partial charge in [-0.25, -0.2) is 0 Å². The summed E-state index contributed by atoms with van der Waals surface area (Å²) in [5.41, 5.74) is 8.68. The monoisotopic (exact) mass is 158 g/mol. The molecule has 60 valence electrons. The topological polar surface area (TPSA) is 38.9 Å². The Morgan fingerprint density at radius 1 is 1.33 bits per heavy atom. The zero-order chi connectivity index (χ0) is 8.55. The van der Waals surface area contributed by atoms with Gasteiger partial charge in [-0.05, 0) is 30.7 Å². The number of aromatic nitrogens is 1. The van der Waals surface area contributed by atoms with Gasteiger partial charge in [0.1, 0.15) is 0 Å². The van der Waals surface area contributed by atoms with Crippen LogP contribution in [-0.2, 0) is 0 Å². The Morgan fingerprint density at radius 2 is 2.17 bits per heavy atom. The van der Waals surface area contributed by atoms with Crippen LogP contribution in [0.15, 0.2) is 30.5 Å². The van der Waals surface area contributed by atoms with E-state index in [1.165, 1.54) is 0 Å². The van der Waals surface area contributed by atoms with Gasteiger partial charge in [0, 0.05) is 17.3 Å². The van der Waals surface area contributed by atoms with E-state index in [0.717, 1.165) is 22.2 Å². The van der Waals surface area contributed by atoms with Crippen molar-refractivity contribution in [3.8, 4) is 0 Å². The molecule has 1 aromatic carbocycles. The van der Waals surface area contributed by atoms with Crippen LogP contribution in [0.1, 0.15) is 5.56 Å². The number of nitrogens with two attached hydrogens (primary N) is 1. The van der Waals surface area contributed by atoms with Crippen molar-refractivity contribution in [3.05, 3.63) is 36.0 Å². The minimum Gasteiger partial charge on any atom is -0.398 e. The molecule has 0 atom stereocenters. The van der Waals surface area contributed by atoms with Gasteiger partial charge in [0.05, 0.1) is 5.52 Å². The summed E-state index contributed by atoms with van der Waals surface area (Å²) in [7, 11) is 0. The number of aryl methyl sites for hydroxylation is 1. The molecule has 0 aliphatic carbocycles. The first kappa shape index (κ1) is 7.10. The van der Waals surface area contributed by atoms with Gasteiger partial charge < -0.3 is 5.73 Å². The molecule has 0 aliphatic heterocycles. The fraction of sp³-hybridized carbons (Fsp3) is 0.100.